The molecule has 0 aliphatic heterocycles. The second-order valence-corrected chi connectivity index (χ2v) is 4.85. The first-order chi connectivity index (χ1) is 7.85. The van der Waals surface area contributed by atoms with E-state index in [0.717, 1.165) is 26.2 Å². The van der Waals surface area contributed by atoms with E-state index in [-0.39, 0.29) is 0 Å². The molecule has 16 heavy (non-hydrogen) atoms. The fraction of sp³-hybridized carbons (Fsp3) is 0.571. The van der Waals surface area contributed by atoms with Crippen molar-refractivity contribution in [1.82, 2.24) is 0 Å². The van der Waals surface area contributed by atoms with Gasteiger partial charge >= 0.3 is 0 Å². The van der Waals surface area contributed by atoms with Crippen molar-refractivity contribution < 1.29 is 4.74 Å². The molecule has 0 aromatic heterocycles. The van der Waals surface area contributed by atoms with E-state index in [0.29, 0.717) is 5.41 Å². The number of benzene rings is 1. The molecule has 0 amide bonds. The fourth-order valence-corrected chi connectivity index (χ4v) is 2.29. The van der Waals surface area contributed by atoms with E-state index in [1.165, 1.54) is 24.8 Å². The van der Waals surface area contributed by atoms with Gasteiger partial charge in [-0.15, -0.1) is 0 Å². The van der Waals surface area contributed by atoms with Gasteiger partial charge in [0.05, 0.1) is 6.61 Å². The van der Waals surface area contributed by atoms with Crippen LogP contribution in [0.3, 0.4) is 0 Å². The molecule has 2 nitrogen and oxygen atoms in total. The third kappa shape index (κ3) is 2.83. The Hall–Kier alpha value is -0.860. The van der Waals surface area contributed by atoms with Crippen LogP contribution in [0.15, 0.2) is 30.3 Å². The molecule has 1 aliphatic rings. The summed E-state index contributed by atoms with van der Waals surface area (Å²) < 4.78 is 5.70. The van der Waals surface area contributed by atoms with Crippen LogP contribution in [0.2, 0.25) is 0 Å². The second kappa shape index (κ2) is 5.46. The smallest absolute Gasteiger partial charge is 0.0716 e. The SMILES string of the molecule is NCC1(CCOCc2ccccc2)CCC1. The van der Waals surface area contributed by atoms with E-state index in [2.05, 4.69) is 12.1 Å². The van der Waals surface area contributed by atoms with Crippen LogP contribution in [0.5, 0.6) is 0 Å². The Balaban J connectivity index is 1.65. The molecule has 1 aromatic carbocycles. The van der Waals surface area contributed by atoms with Crippen molar-refractivity contribution in [2.75, 3.05) is 13.2 Å². The Morgan fingerprint density at radius 3 is 2.50 bits per heavy atom. The lowest BCUT2D eigenvalue weighted by atomic mass is 9.67. The maximum Gasteiger partial charge on any atom is 0.0716 e. The van der Waals surface area contributed by atoms with E-state index in [4.69, 9.17) is 10.5 Å². The summed E-state index contributed by atoms with van der Waals surface area (Å²) in [6.07, 6.45) is 5.04. The first-order valence-electron chi connectivity index (χ1n) is 6.16. The lowest BCUT2D eigenvalue weighted by Crippen LogP contribution is -2.38. The molecule has 0 spiro atoms. The maximum absolute atomic E-state index is 5.81. The lowest BCUT2D eigenvalue weighted by Gasteiger charge is -2.41. The largest absolute Gasteiger partial charge is 0.377 e. The van der Waals surface area contributed by atoms with Crippen LogP contribution >= 0.6 is 0 Å². The molecular weight excluding hydrogens is 198 g/mol. The van der Waals surface area contributed by atoms with Gasteiger partial charge in [-0.2, -0.15) is 0 Å². The molecule has 2 rings (SSSR count). The van der Waals surface area contributed by atoms with Gasteiger partial charge in [0.15, 0.2) is 0 Å². The van der Waals surface area contributed by atoms with Gasteiger partial charge in [-0.3, -0.25) is 0 Å². The number of hydrogen-bond acceptors (Lipinski definition) is 2. The quantitative estimate of drug-likeness (QED) is 0.747. The minimum Gasteiger partial charge on any atom is -0.377 e. The van der Waals surface area contributed by atoms with Crippen molar-refractivity contribution in [2.45, 2.75) is 32.3 Å². The van der Waals surface area contributed by atoms with E-state index >= 15 is 0 Å². The first kappa shape index (κ1) is 11.6. The standard InChI is InChI=1S/C14H21NO/c15-12-14(7-4-8-14)9-10-16-11-13-5-2-1-3-6-13/h1-3,5-6H,4,7-12,15H2. The van der Waals surface area contributed by atoms with Gasteiger partial charge in [0, 0.05) is 6.61 Å². The van der Waals surface area contributed by atoms with Crippen molar-refractivity contribution >= 4 is 0 Å². The van der Waals surface area contributed by atoms with Crippen LogP contribution in [-0.4, -0.2) is 13.2 Å². The lowest BCUT2D eigenvalue weighted by molar-refractivity contribution is 0.0485. The van der Waals surface area contributed by atoms with Crippen LogP contribution in [0, 0.1) is 5.41 Å². The Morgan fingerprint density at radius 1 is 1.19 bits per heavy atom. The third-order valence-corrected chi connectivity index (χ3v) is 3.74. The monoisotopic (exact) mass is 219 g/mol. The molecule has 0 radical (unpaired) electrons. The zero-order chi connectivity index (χ0) is 11.3. The molecule has 0 unspecified atom stereocenters. The molecule has 1 fully saturated rings. The zero-order valence-corrected chi connectivity index (χ0v) is 9.82. The van der Waals surface area contributed by atoms with E-state index in [1.807, 2.05) is 18.2 Å². The Morgan fingerprint density at radius 2 is 1.94 bits per heavy atom. The molecule has 88 valence electrons. The number of rotatable bonds is 6. The second-order valence-electron chi connectivity index (χ2n) is 4.85. The minimum absolute atomic E-state index is 0.413. The van der Waals surface area contributed by atoms with Crippen LogP contribution in [0.4, 0.5) is 0 Å². The predicted octanol–water partition coefficient (Wildman–Crippen LogP) is 2.72. The van der Waals surface area contributed by atoms with E-state index in [9.17, 15) is 0 Å². The number of ether oxygens (including phenoxy) is 1. The van der Waals surface area contributed by atoms with E-state index in [1.54, 1.807) is 0 Å². The molecule has 1 aromatic rings. The molecule has 1 aliphatic carbocycles. The highest BCUT2D eigenvalue weighted by molar-refractivity contribution is 5.13. The molecule has 0 atom stereocenters. The summed E-state index contributed by atoms with van der Waals surface area (Å²) in [5.41, 5.74) is 7.47. The summed E-state index contributed by atoms with van der Waals surface area (Å²) >= 11 is 0. The third-order valence-electron chi connectivity index (χ3n) is 3.74. The first-order valence-corrected chi connectivity index (χ1v) is 6.16. The average molecular weight is 219 g/mol. The molecule has 2 N–H and O–H groups in total. The van der Waals surface area contributed by atoms with Crippen molar-refractivity contribution in [3.05, 3.63) is 35.9 Å². The molecule has 0 bridgehead atoms. The van der Waals surface area contributed by atoms with Gasteiger partial charge in [0.1, 0.15) is 0 Å². The van der Waals surface area contributed by atoms with Gasteiger partial charge in [-0.25, -0.2) is 0 Å². The maximum atomic E-state index is 5.81. The molecule has 2 heteroatoms. The van der Waals surface area contributed by atoms with Crippen LogP contribution in [0.25, 0.3) is 0 Å². The van der Waals surface area contributed by atoms with Crippen molar-refractivity contribution in [3.8, 4) is 0 Å². The summed E-state index contributed by atoms with van der Waals surface area (Å²) in [5, 5.41) is 0. The highest BCUT2D eigenvalue weighted by Gasteiger charge is 2.34. The highest BCUT2D eigenvalue weighted by atomic mass is 16.5. The van der Waals surface area contributed by atoms with Crippen molar-refractivity contribution in [3.63, 3.8) is 0 Å². The Bertz CT molecular complexity index is 300. The summed E-state index contributed by atoms with van der Waals surface area (Å²) in [5.74, 6) is 0. The van der Waals surface area contributed by atoms with Crippen molar-refractivity contribution in [1.29, 1.82) is 0 Å². The van der Waals surface area contributed by atoms with Gasteiger partial charge < -0.3 is 10.5 Å². The summed E-state index contributed by atoms with van der Waals surface area (Å²) in [7, 11) is 0. The van der Waals surface area contributed by atoms with Gasteiger partial charge in [-0.1, -0.05) is 36.8 Å². The molecule has 0 saturated heterocycles. The molecule has 1 saturated carbocycles. The average Bonchev–Trinajstić information content (AvgIpc) is 2.29. The van der Waals surface area contributed by atoms with E-state index < -0.39 is 0 Å². The fourth-order valence-electron chi connectivity index (χ4n) is 2.29. The summed E-state index contributed by atoms with van der Waals surface area (Å²) in [6.45, 7) is 2.38. The topological polar surface area (TPSA) is 35.2 Å². The zero-order valence-electron chi connectivity index (χ0n) is 9.82. The van der Waals surface area contributed by atoms with Gasteiger partial charge in [0.25, 0.3) is 0 Å². The number of nitrogens with two attached hydrogens (primary N) is 1. The summed E-state index contributed by atoms with van der Waals surface area (Å²) in [4.78, 5) is 0. The summed E-state index contributed by atoms with van der Waals surface area (Å²) in [6, 6.07) is 10.3. The normalized spacial score (nSPS) is 18.1. The van der Waals surface area contributed by atoms with Crippen molar-refractivity contribution in [2.24, 2.45) is 11.1 Å². The van der Waals surface area contributed by atoms with Gasteiger partial charge in [0.2, 0.25) is 0 Å². The minimum atomic E-state index is 0.413. The Kier molecular flexibility index (Phi) is 3.97. The van der Waals surface area contributed by atoms with Crippen LogP contribution < -0.4 is 5.73 Å². The Labute approximate surface area is 97.8 Å². The number of hydrogen-bond donors (Lipinski definition) is 1. The molecular formula is C14H21NO. The van der Waals surface area contributed by atoms with Crippen LogP contribution in [0.1, 0.15) is 31.2 Å². The highest BCUT2D eigenvalue weighted by Crippen LogP contribution is 2.42. The predicted molar refractivity (Wildman–Crippen MR) is 66.1 cm³/mol. The van der Waals surface area contributed by atoms with Gasteiger partial charge in [-0.05, 0) is 36.8 Å². The van der Waals surface area contributed by atoms with Crippen LogP contribution in [-0.2, 0) is 11.3 Å². The molecule has 0 heterocycles.